The molecule has 3 rings (SSSR count). The molecule has 1 aromatic heterocycles. The smallest absolute Gasteiger partial charge is 0.228 e. The summed E-state index contributed by atoms with van der Waals surface area (Å²) in [5, 5.41) is 0. The minimum atomic E-state index is -0.165. The van der Waals surface area contributed by atoms with E-state index in [9.17, 15) is 9.59 Å². The quantitative estimate of drug-likeness (QED) is 0.826. The lowest BCUT2D eigenvalue weighted by Gasteiger charge is -2.35. The van der Waals surface area contributed by atoms with Crippen molar-refractivity contribution in [2.45, 2.75) is 32.9 Å². The van der Waals surface area contributed by atoms with E-state index in [1.165, 1.54) is 0 Å². The molecule has 6 heteroatoms. The first-order valence-electron chi connectivity index (χ1n) is 8.75. The molecule has 0 unspecified atom stereocenters. The SMILES string of the molecule is CC(C)N1C[C@@H](C(=O)N2CCN(Cc3ccccn3)CC2)CC1=O. The standard InChI is InChI=1S/C18H26N4O2/c1-14(2)22-12-15(11-17(22)23)18(24)21-9-7-20(8-10-21)13-16-5-3-4-6-19-16/h3-6,14-15H,7-13H2,1-2H3/t15-/m0/s1. The van der Waals surface area contributed by atoms with Gasteiger partial charge in [-0.25, -0.2) is 0 Å². The normalized spacial score (nSPS) is 22.5. The van der Waals surface area contributed by atoms with Crippen LogP contribution >= 0.6 is 0 Å². The number of hydrogen-bond acceptors (Lipinski definition) is 4. The van der Waals surface area contributed by atoms with E-state index in [4.69, 9.17) is 0 Å². The second kappa shape index (κ2) is 7.30. The van der Waals surface area contributed by atoms with Gasteiger partial charge < -0.3 is 9.80 Å². The van der Waals surface area contributed by atoms with Gasteiger partial charge in [-0.1, -0.05) is 6.07 Å². The van der Waals surface area contributed by atoms with E-state index in [0.29, 0.717) is 13.0 Å². The van der Waals surface area contributed by atoms with Crippen molar-refractivity contribution in [1.82, 2.24) is 19.7 Å². The first-order chi connectivity index (χ1) is 11.5. The molecule has 0 N–H and O–H groups in total. The summed E-state index contributed by atoms with van der Waals surface area (Å²) in [6, 6.07) is 6.12. The highest BCUT2D eigenvalue weighted by Gasteiger charge is 2.38. The largest absolute Gasteiger partial charge is 0.340 e. The van der Waals surface area contributed by atoms with Crippen molar-refractivity contribution in [1.29, 1.82) is 0 Å². The van der Waals surface area contributed by atoms with Crippen LogP contribution in [0.4, 0.5) is 0 Å². The zero-order chi connectivity index (χ0) is 17.1. The maximum absolute atomic E-state index is 12.7. The molecule has 1 aromatic rings. The fourth-order valence-corrected chi connectivity index (χ4v) is 3.50. The zero-order valence-corrected chi connectivity index (χ0v) is 14.5. The van der Waals surface area contributed by atoms with Crippen LogP contribution in [0.2, 0.25) is 0 Å². The maximum Gasteiger partial charge on any atom is 0.228 e. The fraction of sp³-hybridized carbons (Fsp3) is 0.611. The fourth-order valence-electron chi connectivity index (χ4n) is 3.50. The molecule has 2 aliphatic heterocycles. The first kappa shape index (κ1) is 16.9. The van der Waals surface area contributed by atoms with Crippen LogP contribution in [0.25, 0.3) is 0 Å². The lowest BCUT2D eigenvalue weighted by atomic mass is 10.1. The number of hydrogen-bond donors (Lipinski definition) is 0. The van der Waals surface area contributed by atoms with E-state index < -0.39 is 0 Å². The predicted octanol–water partition coefficient (Wildman–Crippen LogP) is 0.983. The van der Waals surface area contributed by atoms with E-state index in [2.05, 4.69) is 9.88 Å². The van der Waals surface area contributed by atoms with Crippen LogP contribution in [-0.2, 0) is 16.1 Å². The molecule has 24 heavy (non-hydrogen) atoms. The molecule has 0 aromatic carbocycles. The van der Waals surface area contributed by atoms with Crippen LogP contribution < -0.4 is 0 Å². The Labute approximate surface area is 143 Å². The molecular formula is C18H26N4O2. The summed E-state index contributed by atoms with van der Waals surface area (Å²) in [5.74, 6) is 0.0864. The molecule has 2 saturated heterocycles. The van der Waals surface area contributed by atoms with Crippen molar-refractivity contribution < 1.29 is 9.59 Å². The third-order valence-electron chi connectivity index (χ3n) is 4.93. The molecule has 6 nitrogen and oxygen atoms in total. The second-order valence-electron chi connectivity index (χ2n) is 6.96. The molecule has 2 amide bonds. The van der Waals surface area contributed by atoms with Crippen molar-refractivity contribution in [2.24, 2.45) is 5.92 Å². The van der Waals surface area contributed by atoms with Crippen molar-refractivity contribution in [2.75, 3.05) is 32.7 Å². The Balaban J connectivity index is 1.50. The van der Waals surface area contributed by atoms with E-state index >= 15 is 0 Å². The van der Waals surface area contributed by atoms with Crippen LogP contribution in [0, 0.1) is 5.92 Å². The first-order valence-corrected chi connectivity index (χ1v) is 8.75. The summed E-state index contributed by atoms with van der Waals surface area (Å²) < 4.78 is 0. The highest BCUT2D eigenvalue weighted by atomic mass is 16.2. The number of piperazine rings is 1. The van der Waals surface area contributed by atoms with E-state index in [1.54, 1.807) is 0 Å². The summed E-state index contributed by atoms with van der Waals surface area (Å²) in [6.45, 7) is 8.58. The van der Waals surface area contributed by atoms with Gasteiger partial charge in [0.25, 0.3) is 0 Å². The number of carbonyl (C=O) groups excluding carboxylic acids is 2. The van der Waals surface area contributed by atoms with Gasteiger partial charge in [-0.15, -0.1) is 0 Å². The van der Waals surface area contributed by atoms with Crippen molar-refractivity contribution in [3.8, 4) is 0 Å². The molecule has 2 aliphatic rings. The average molecular weight is 330 g/mol. The Morgan fingerprint density at radius 2 is 2.00 bits per heavy atom. The van der Waals surface area contributed by atoms with E-state index in [1.807, 2.05) is 48.0 Å². The Kier molecular flexibility index (Phi) is 5.14. The van der Waals surface area contributed by atoms with Gasteiger partial charge in [0.05, 0.1) is 11.6 Å². The third-order valence-corrected chi connectivity index (χ3v) is 4.93. The summed E-state index contributed by atoms with van der Waals surface area (Å²) in [4.78, 5) is 35.1. The number of nitrogens with zero attached hydrogens (tertiary/aromatic N) is 4. The van der Waals surface area contributed by atoms with E-state index in [-0.39, 0.29) is 23.8 Å². The van der Waals surface area contributed by atoms with Gasteiger partial charge in [0.2, 0.25) is 11.8 Å². The minimum Gasteiger partial charge on any atom is -0.340 e. The third kappa shape index (κ3) is 3.75. The summed E-state index contributed by atoms with van der Waals surface area (Å²) in [5.41, 5.74) is 1.06. The Morgan fingerprint density at radius 3 is 2.58 bits per heavy atom. The summed E-state index contributed by atoms with van der Waals surface area (Å²) in [6.07, 6.45) is 2.18. The van der Waals surface area contributed by atoms with Crippen LogP contribution in [0.15, 0.2) is 24.4 Å². The Morgan fingerprint density at radius 1 is 1.25 bits per heavy atom. The second-order valence-corrected chi connectivity index (χ2v) is 6.96. The minimum absolute atomic E-state index is 0.108. The van der Waals surface area contributed by atoms with Gasteiger partial charge in [0, 0.05) is 57.9 Å². The van der Waals surface area contributed by atoms with Crippen molar-refractivity contribution >= 4 is 11.8 Å². The molecule has 0 radical (unpaired) electrons. The lowest BCUT2D eigenvalue weighted by Crippen LogP contribution is -2.50. The highest BCUT2D eigenvalue weighted by Crippen LogP contribution is 2.22. The molecule has 0 spiro atoms. The number of carbonyl (C=O) groups is 2. The number of rotatable bonds is 4. The summed E-state index contributed by atoms with van der Waals surface area (Å²) in [7, 11) is 0. The molecule has 130 valence electrons. The summed E-state index contributed by atoms with van der Waals surface area (Å²) >= 11 is 0. The van der Waals surface area contributed by atoms with Gasteiger partial charge >= 0.3 is 0 Å². The topological polar surface area (TPSA) is 56.8 Å². The predicted molar refractivity (Wildman–Crippen MR) is 91.1 cm³/mol. The number of likely N-dealkylation sites (tertiary alicyclic amines) is 1. The van der Waals surface area contributed by atoms with Gasteiger partial charge in [-0.05, 0) is 26.0 Å². The molecular weight excluding hydrogens is 304 g/mol. The molecule has 0 bridgehead atoms. The molecule has 0 aliphatic carbocycles. The van der Waals surface area contributed by atoms with Crippen LogP contribution in [-0.4, -0.2) is 70.3 Å². The van der Waals surface area contributed by atoms with Crippen LogP contribution in [0.3, 0.4) is 0 Å². The van der Waals surface area contributed by atoms with Gasteiger partial charge in [0.15, 0.2) is 0 Å². The van der Waals surface area contributed by atoms with Gasteiger partial charge in [-0.2, -0.15) is 0 Å². The van der Waals surface area contributed by atoms with Gasteiger partial charge in [0.1, 0.15) is 0 Å². The molecule has 0 saturated carbocycles. The Hall–Kier alpha value is -1.95. The average Bonchev–Trinajstić information content (AvgIpc) is 2.98. The lowest BCUT2D eigenvalue weighted by molar-refractivity contribution is -0.137. The molecule has 3 heterocycles. The van der Waals surface area contributed by atoms with Crippen LogP contribution in [0.1, 0.15) is 26.0 Å². The monoisotopic (exact) mass is 330 g/mol. The van der Waals surface area contributed by atoms with Gasteiger partial charge in [-0.3, -0.25) is 19.5 Å². The molecule has 2 fully saturated rings. The van der Waals surface area contributed by atoms with Crippen molar-refractivity contribution in [3.63, 3.8) is 0 Å². The highest BCUT2D eigenvalue weighted by molar-refractivity contribution is 5.89. The maximum atomic E-state index is 12.7. The number of amides is 2. The Bertz CT molecular complexity index is 582. The number of aromatic nitrogens is 1. The van der Waals surface area contributed by atoms with Crippen LogP contribution in [0.5, 0.6) is 0 Å². The number of pyridine rings is 1. The molecule has 1 atom stereocenters. The van der Waals surface area contributed by atoms with Crippen molar-refractivity contribution in [3.05, 3.63) is 30.1 Å². The van der Waals surface area contributed by atoms with E-state index in [0.717, 1.165) is 38.4 Å². The zero-order valence-electron chi connectivity index (χ0n) is 14.5.